The van der Waals surface area contributed by atoms with Crippen LogP contribution < -0.4 is 10.6 Å². The summed E-state index contributed by atoms with van der Waals surface area (Å²) in [6, 6.07) is 4.25. The summed E-state index contributed by atoms with van der Waals surface area (Å²) in [7, 11) is 1.90. The Morgan fingerprint density at radius 2 is 1.84 bits per heavy atom. The number of carbonyl (C=O) groups excluding carboxylic acids is 1. The van der Waals surface area contributed by atoms with Crippen LogP contribution in [0.2, 0.25) is 0 Å². The van der Waals surface area contributed by atoms with Crippen molar-refractivity contribution in [2.24, 2.45) is 5.92 Å². The molecule has 4 rings (SSSR count). The molecule has 2 aliphatic heterocycles. The van der Waals surface area contributed by atoms with Crippen molar-refractivity contribution in [3.63, 3.8) is 0 Å². The van der Waals surface area contributed by atoms with Crippen LogP contribution >= 0.6 is 0 Å². The molecule has 1 saturated heterocycles. The molecule has 3 aliphatic rings. The van der Waals surface area contributed by atoms with Crippen LogP contribution in [0.4, 0.5) is 13.2 Å². The third kappa shape index (κ3) is 7.79. The summed E-state index contributed by atoms with van der Waals surface area (Å²) in [5.41, 5.74) is 0.908. The maximum absolute atomic E-state index is 12.9. The van der Waals surface area contributed by atoms with Gasteiger partial charge in [-0.3, -0.25) is 4.79 Å². The van der Waals surface area contributed by atoms with Gasteiger partial charge in [0.2, 0.25) is 5.91 Å². The van der Waals surface area contributed by atoms with Crippen molar-refractivity contribution in [3.05, 3.63) is 34.9 Å². The van der Waals surface area contributed by atoms with E-state index in [-0.39, 0.29) is 11.8 Å². The number of nitrogens with zero attached hydrogens (tertiary/aromatic N) is 1. The molecule has 1 aliphatic carbocycles. The predicted molar refractivity (Wildman–Crippen MR) is 119 cm³/mol. The summed E-state index contributed by atoms with van der Waals surface area (Å²) < 4.78 is 38.6. The first-order chi connectivity index (χ1) is 14.8. The number of carbonyl (C=O) groups is 1. The van der Waals surface area contributed by atoms with Crippen LogP contribution in [0.1, 0.15) is 69.1 Å². The summed E-state index contributed by atoms with van der Waals surface area (Å²) in [4.78, 5) is 14.4. The highest BCUT2D eigenvalue weighted by Gasteiger charge is 2.35. The largest absolute Gasteiger partial charge is 0.416 e. The highest BCUT2D eigenvalue weighted by Crippen LogP contribution is 2.33. The van der Waals surface area contributed by atoms with Crippen LogP contribution in [0.25, 0.3) is 0 Å². The molecule has 1 aromatic carbocycles. The van der Waals surface area contributed by atoms with Crippen LogP contribution in [-0.2, 0) is 23.9 Å². The Morgan fingerprint density at radius 3 is 2.35 bits per heavy atom. The molecular weight excluding hydrogens is 403 g/mol. The average molecular weight is 442 g/mol. The third-order valence-electron chi connectivity index (χ3n) is 6.00. The van der Waals surface area contributed by atoms with Gasteiger partial charge in [0.1, 0.15) is 0 Å². The molecule has 7 heteroatoms. The summed E-state index contributed by atoms with van der Waals surface area (Å²) in [6.07, 6.45) is 2.97. The summed E-state index contributed by atoms with van der Waals surface area (Å²) in [5.74, 6) is 0.0885. The Hall–Kier alpha value is -1.60. The SMILES string of the molecule is C1CCNC1.CCC.CNC1CCC(C(=O)N2CCc3ccc(C(F)(F)F)cc3C2)C1. The number of alkyl halides is 3. The smallest absolute Gasteiger partial charge is 0.338 e. The zero-order chi connectivity index (χ0) is 22.9. The number of hydrogen-bond donors (Lipinski definition) is 2. The lowest BCUT2D eigenvalue weighted by Crippen LogP contribution is -2.39. The Labute approximate surface area is 185 Å². The zero-order valence-corrected chi connectivity index (χ0v) is 19.2. The molecule has 2 N–H and O–H groups in total. The second-order valence-electron chi connectivity index (χ2n) is 8.65. The first kappa shape index (κ1) is 25.7. The molecule has 2 heterocycles. The van der Waals surface area contributed by atoms with E-state index in [4.69, 9.17) is 0 Å². The van der Waals surface area contributed by atoms with Crippen molar-refractivity contribution in [3.8, 4) is 0 Å². The fraction of sp³-hybridized carbons (Fsp3) is 0.708. The van der Waals surface area contributed by atoms with Crippen molar-refractivity contribution in [1.82, 2.24) is 15.5 Å². The molecule has 1 aromatic rings. The van der Waals surface area contributed by atoms with Crippen molar-refractivity contribution in [1.29, 1.82) is 0 Å². The topological polar surface area (TPSA) is 44.4 Å². The van der Waals surface area contributed by atoms with Gasteiger partial charge in [0.25, 0.3) is 0 Å². The minimum Gasteiger partial charge on any atom is -0.338 e. The molecular formula is C24H38F3N3O. The second kappa shape index (κ2) is 12.4. The van der Waals surface area contributed by atoms with Gasteiger partial charge in [0.15, 0.2) is 0 Å². The number of hydrogen-bond acceptors (Lipinski definition) is 3. The monoisotopic (exact) mass is 441 g/mol. The molecule has 0 aromatic heterocycles. The number of benzene rings is 1. The molecule has 1 amide bonds. The maximum Gasteiger partial charge on any atom is 0.416 e. The molecule has 2 atom stereocenters. The lowest BCUT2D eigenvalue weighted by molar-refractivity contribution is -0.137. The zero-order valence-electron chi connectivity index (χ0n) is 19.2. The maximum atomic E-state index is 12.9. The molecule has 0 spiro atoms. The highest BCUT2D eigenvalue weighted by molar-refractivity contribution is 5.79. The number of amides is 1. The fourth-order valence-corrected chi connectivity index (χ4v) is 4.27. The molecule has 4 nitrogen and oxygen atoms in total. The minimum atomic E-state index is -4.34. The van der Waals surface area contributed by atoms with Crippen LogP contribution in [0, 0.1) is 5.92 Å². The number of nitrogens with one attached hydrogen (secondary N) is 2. The van der Waals surface area contributed by atoms with Gasteiger partial charge in [-0.25, -0.2) is 0 Å². The van der Waals surface area contributed by atoms with E-state index in [0.29, 0.717) is 31.1 Å². The van der Waals surface area contributed by atoms with E-state index in [0.717, 1.165) is 30.9 Å². The minimum absolute atomic E-state index is 0.000186. The van der Waals surface area contributed by atoms with Crippen LogP contribution in [0.5, 0.6) is 0 Å². The van der Waals surface area contributed by atoms with Gasteiger partial charge >= 0.3 is 6.18 Å². The van der Waals surface area contributed by atoms with E-state index in [1.54, 1.807) is 11.0 Å². The Balaban J connectivity index is 0.000000361. The van der Waals surface area contributed by atoms with Gasteiger partial charge in [-0.15, -0.1) is 0 Å². The van der Waals surface area contributed by atoms with Crippen molar-refractivity contribution in [2.45, 2.75) is 77.6 Å². The molecule has 0 radical (unpaired) electrons. The lowest BCUT2D eigenvalue weighted by Gasteiger charge is -2.31. The first-order valence-corrected chi connectivity index (χ1v) is 11.7. The van der Waals surface area contributed by atoms with Gasteiger partial charge in [-0.2, -0.15) is 13.2 Å². The van der Waals surface area contributed by atoms with Gasteiger partial charge < -0.3 is 15.5 Å². The Bertz CT molecular complexity index is 682. The first-order valence-electron chi connectivity index (χ1n) is 11.7. The summed E-state index contributed by atoms with van der Waals surface area (Å²) in [6.45, 7) is 7.64. The standard InChI is InChI=1S/C17H21F3N2O.C4H9N.C3H8/c1-21-15-5-3-12(9-15)16(23)22-7-6-11-2-4-14(17(18,19)20)8-13(11)10-22;1-2-4-5-3-1;1-3-2/h2,4,8,12,15,21H,3,5-7,9-10H2,1H3;5H,1-4H2;3H2,1-2H3. The highest BCUT2D eigenvalue weighted by atomic mass is 19.4. The quantitative estimate of drug-likeness (QED) is 0.695. The van der Waals surface area contributed by atoms with E-state index >= 15 is 0 Å². The van der Waals surface area contributed by atoms with E-state index in [9.17, 15) is 18.0 Å². The van der Waals surface area contributed by atoms with E-state index in [2.05, 4.69) is 24.5 Å². The van der Waals surface area contributed by atoms with Crippen LogP contribution in [0.3, 0.4) is 0 Å². The van der Waals surface area contributed by atoms with Gasteiger partial charge in [0, 0.05) is 25.0 Å². The normalized spacial score (nSPS) is 22.7. The van der Waals surface area contributed by atoms with E-state index < -0.39 is 11.7 Å². The lowest BCUT2D eigenvalue weighted by atomic mass is 9.95. The van der Waals surface area contributed by atoms with Gasteiger partial charge in [-0.05, 0) is 81.9 Å². The summed E-state index contributed by atoms with van der Waals surface area (Å²) >= 11 is 0. The molecule has 1 saturated carbocycles. The van der Waals surface area contributed by atoms with E-state index in [1.807, 2.05) is 7.05 Å². The Morgan fingerprint density at radius 1 is 1.16 bits per heavy atom. The second-order valence-corrected chi connectivity index (χ2v) is 8.65. The number of halogens is 3. The molecule has 0 bridgehead atoms. The molecule has 2 unspecified atom stereocenters. The van der Waals surface area contributed by atoms with E-state index in [1.165, 1.54) is 38.4 Å². The number of fused-ring (bicyclic) bond motifs is 1. The average Bonchev–Trinajstić information content (AvgIpc) is 3.47. The molecule has 176 valence electrons. The Kier molecular flexibility index (Phi) is 10.3. The van der Waals surface area contributed by atoms with Crippen molar-refractivity contribution >= 4 is 5.91 Å². The summed E-state index contributed by atoms with van der Waals surface area (Å²) in [5, 5.41) is 6.42. The van der Waals surface area contributed by atoms with Crippen LogP contribution in [0.15, 0.2) is 18.2 Å². The molecule has 2 fully saturated rings. The van der Waals surface area contributed by atoms with Gasteiger partial charge in [-0.1, -0.05) is 26.3 Å². The van der Waals surface area contributed by atoms with Crippen LogP contribution in [-0.4, -0.2) is 43.5 Å². The van der Waals surface area contributed by atoms with Crippen molar-refractivity contribution in [2.75, 3.05) is 26.7 Å². The number of rotatable bonds is 2. The third-order valence-corrected chi connectivity index (χ3v) is 6.00. The predicted octanol–water partition coefficient (Wildman–Crippen LogP) is 4.76. The van der Waals surface area contributed by atoms with Gasteiger partial charge in [0.05, 0.1) is 5.56 Å². The van der Waals surface area contributed by atoms with Crippen molar-refractivity contribution < 1.29 is 18.0 Å². The molecule has 31 heavy (non-hydrogen) atoms. The fourth-order valence-electron chi connectivity index (χ4n) is 4.27.